The molecule has 2 aliphatic carbocycles. The van der Waals surface area contributed by atoms with Crippen LogP contribution in [0.25, 0.3) is 0 Å². The van der Waals surface area contributed by atoms with Crippen LogP contribution in [0.15, 0.2) is 12.2 Å². The van der Waals surface area contributed by atoms with Crippen molar-refractivity contribution < 1.29 is 4.79 Å². The fraction of sp³-hybridized carbons (Fsp3) is 0.727. The highest BCUT2D eigenvalue weighted by Gasteiger charge is 2.36. The summed E-state index contributed by atoms with van der Waals surface area (Å²) in [7, 11) is 0. The molecule has 3 atom stereocenters. The molecule has 1 fully saturated rings. The molecule has 0 heterocycles. The smallest absolute Gasteiger partial charge is 0.142 e. The molecule has 0 spiro atoms. The van der Waals surface area contributed by atoms with E-state index in [1.54, 1.807) is 0 Å². The monoisotopic (exact) mass is 164 g/mol. The molecule has 0 aliphatic heterocycles. The van der Waals surface area contributed by atoms with Crippen LogP contribution in [0.3, 0.4) is 0 Å². The molecule has 0 aromatic heterocycles. The van der Waals surface area contributed by atoms with Gasteiger partial charge in [0.25, 0.3) is 0 Å². The van der Waals surface area contributed by atoms with Gasteiger partial charge in [-0.25, -0.2) is 0 Å². The number of allylic oxidation sites excluding steroid dienone is 2. The molecule has 0 amide bonds. The second-order valence-electron chi connectivity index (χ2n) is 4.11. The second-order valence-corrected chi connectivity index (χ2v) is 4.11. The van der Waals surface area contributed by atoms with Crippen LogP contribution in [0.2, 0.25) is 0 Å². The molecule has 12 heavy (non-hydrogen) atoms. The van der Waals surface area contributed by atoms with Gasteiger partial charge in [-0.05, 0) is 25.2 Å². The first-order valence-electron chi connectivity index (χ1n) is 5.03. The van der Waals surface area contributed by atoms with E-state index in [0.29, 0.717) is 17.6 Å². The summed E-state index contributed by atoms with van der Waals surface area (Å²) in [4.78, 5) is 11.7. The zero-order chi connectivity index (χ0) is 8.55. The van der Waals surface area contributed by atoms with E-state index in [9.17, 15) is 4.79 Å². The summed E-state index contributed by atoms with van der Waals surface area (Å²) in [5, 5.41) is 0. The zero-order valence-corrected chi connectivity index (χ0v) is 7.62. The summed E-state index contributed by atoms with van der Waals surface area (Å²) < 4.78 is 0. The Morgan fingerprint density at radius 1 is 1.42 bits per heavy atom. The summed E-state index contributed by atoms with van der Waals surface area (Å²) in [6.07, 6.45) is 8.86. The molecule has 0 aromatic rings. The van der Waals surface area contributed by atoms with E-state index < -0.39 is 0 Å². The van der Waals surface area contributed by atoms with Crippen LogP contribution in [0.5, 0.6) is 0 Å². The summed E-state index contributed by atoms with van der Waals surface area (Å²) in [6, 6.07) is 0. The molecule has 0 radical (unpaired) electrons. The Hall–Kier alpha value is -0.590. The van der Waals surface area contributed by atoms with E-state index in [0.717, 1.165) is 31.6 Å². The zero-order valence-electron chi connectivity index (χ0n) is 7.62. The van der Waals surface area contributed by atoms with Gasteiger partial charge in [-0.3, -0.25) is 4.79 Å². The number of ketones is 1. The molecule has 1 heteroatoms. The third-order valence-electron chi connectivity index (χ3n) is 3.16. The van der Waals surface area contributed by atoms with E-state index in [1.807, 2.05) is 0 Å². The lowest BCUT2D eigenvalue weighted by Crippen LogP contribution is -2.28. The highest BCUT2D eigenvalue weighted by molar-refractivity contribution is 5.86. The molecule has 1 nitrogen and oxygen atoms in total. The van der Waals surface area contributed by atoms with Crippen molar-refractivity contribution in [3.8, 4) is 0 Å². The minimum atomic E-state index is 0.292. The van der Waals surface area contributed by atoms with E-state index in [-0.39, 0.29) is 0 Å². The SMILES string of the molecule is CCCC1CC2C=C[C@H](C2)C1=O. The Kier molecular flexibility index (Phi) is 2.03. The summed E-state index contributed by atoms with van der Waals surface area (Å²) >= 11 is 0. The first-order valence-corrected chi connectivity index (χ1v) is 5.03. The van der Waals surface area contributed by atoms with Crippen molar-refractivity contribution in [2.45, 2.75) is 32.6 Å². The second kappa shape index (κ2) is 3.04. The van der Waals surface area contributed by atoms with Crippen LogP contribution in [0, 0.1) is 17.8 Å². The van der Waals surface area contributed by atoms with Crippen molar-refractivity contribution in [1.82, 2.24) is 0 Å². The van der Waals surface area contributed by atoms with E-state index in [2.05, 4.69) is 19.1 Å². The van der Waals surface area contributed by atoms with Gasteiger partial charge < -0.3 is 0 Å². The molecule has 0 aromatic carbocycles. The van der Waals surface area contributed by atoms with E-state index in [4.69, 9.17) is 0 Å². The Morgan fingerprint density at radius 2 is 2.25 bits per heavy atom. The molecule has 1 saturated carbocycles. The Balaban J connectivity index is 2.06. The first kappa shape index (κ1) is 8.03. The normalized spacial score (nSPS) is 39.1. The van der Waals surface area contributed by atoms with Gasteiger partial charge in [0.2, 0.25) is 0 Å². The van der Waals surface area contributed by atoms with Crippen molar-refractivity contribution >= 4 is 5.78 Å². The minimum absolute atomic E-state index is 0.292. The summed E-state index contributed by atoms with van der Waals surface area (Å²) in [5.41, 5.74) is 0. The number of hydrogen-bond acceptors (Lipinski definition) is 1. The van der Waals surface area contributed by atoms with Crippen molar-refractivity contribution in [3.63, 3.8) is 0 Å². The largest absolute Gasteiger partial charge is 0.299 e. The molecular weight excluding hydrogens is 148 g/mol. The molecular formula is C11H16O. The quantitative estimate of drug-likeness (QED) is 0.573. The molecule has 2 rings (SSSR count). The van der Waals surface area contributed by atoms with Crippen LogP contribution in [0.4, 0.5) is 0 Å². The van der Waals surface area contributed by atoms with Gasteiger partial charge in [0.15, 0.2) is 0 Å². The number of hydrogen-bond donors (Lipinski definition) is 0. The number of fused-ring (bicyclic) bond motifs is 2. The van der Waals surface area contributed by atoms with Crippen molar-refractivity contribution in [2.75, 3.05) is 0 Å². The molecule has 0 saturated heterocycles. The molecule has 2 bridgehead atoms. The third-order valence-corrected chi connectivity index (χ3v) is 3.16. The average Bonchev–Trinajstić information content (AvgIpc) is 2.45. The maximum atomic E-state index is 11.7. The van der Waals surface area contributed by atoms with Gasteiger partial charge in [-0.2, -0.15) is 0 Å². The number of carbonyl (C=O) groups is 1. The van der Waals surface area contributed by atoms with Crippen LogP contribution < -0.4 is 0 Å². The lowest BCUT2D eigenvalue weighted by molar-refractivity contribution is -0.127. The minimum Gasteiger partial charge on any atom is -0.299 e. The Labute approximate surface area is 73.8 Å². The topological polar surface area (TPSA) is 17.1 Å². The van der Waals surface area contributed by atoms with Gasteiger partial charge >= 0.3 is 0 Å². The van der Waals surface area contributed by atoms with E-state index >= 15 is 0 Å². The number of carbonyl (C=O) groups excluding carboxylic acids is 1. The molecule has 66 valence electrons. The predicted octanol–water partition coefficient (Wildman–Crippen LogP) is 2.57. The van der Waals surface area contributed by atoms with Crippen LogP contribution in [-0.4, -0.2) is 5.78 Å². The van der Waals surface area contributed by atoms with Crippen molar-refractivity contribution in [1.29, 1.82) is 0 Å². The summed E-state index contributed by atoms with van der Waals surface area (Å²) in [5.74, 6) is 1.92. The van der Waals surface area contributed by atoms with Gasteiger partial charge in [0, 0.05) is 11.8 Å². The molecule has 2 unspecified atom stereocenters. The van der Waals surface area contributed by atoms with Crippen LogP contribution in [0.1, 0.15) is 32.6 Å². The van der Waals surface area contributed by atoms with Gasteiger partial charge in [-0.1, -0.05) is 25.5 Å². The Bertz CT molecular complexity index is 217. The van der Waals surface area contributed by atoms with Gasteiger partial charge in [-0.15, -0.1) is 0 Å². The first-order chi connectivity index (χ1) is 5.81. The van der Waals surface area contributed by atoms with Crippen molar-refractivity contribution in [3.05, 3.63) is 12.2 Å². The molecule has 0 N–H and O–H groups in total. The van der Waals surface area contributed by atoms with Crippen LogP contribution in [-0.2, 0) is 4.79 Å². The average molecular weight is 164 g/mol. The van der Waals surface area contributed by atoms with Crippen molar-refractivity contribution in [2.24, 2.45) is 17.8 Å². The third kappa shape index (κ3) is 1.21. The Morgan fingerprint density at radius 3 is 3.00 bits per heavy atom. The van der Waals surface area contributed by atoms with E-state index in [1.165, 1.54) is 0 Å². The van der Waals surface area contributed by atoms with Gasteiger partial charge in [0.1, 0.15) is 5.78 Å². The number of Topliss-reactive ketones (excluding diaryl/α,β-unsaturated/α-hetero) is 1. The summed E-state index contributed by atoms with van der Waals surface area (Å²) in [6.45, 7) is 2.16. The fourth-order valence-electron chi connectivity index (χ4n) is 2.55. The maximum absolute atomic E-state index is 11.7. The lowest BCUT2D eigenvalue weighted by atomic mass is 9.77. The lowest BCUT2D eigenvalue weighted by Gasteiger charge is -2.26. The standard InChI is InChI=1S/C11H16O/c1-2-3-9-6-8-4-5-10(7-8)11(9)12/h4-5,8-10H,2-3,6-7H2,1H3/t8?,9?,10-/m1/s1. The number of rotatable bonds is 2. The highest BCUT2D eigenvalue weighted by atomic mass is 16.1. The highest BCUT2D eigenvalue weighted by Crippen LogP contribution is 2.38. The maximum Gasteiger partial charge on any atom is 0.142 e. The fourth-order valence-corrected chi connectivity index (χ4v) is 2.55. The predicted molar refractivity (Wildman–Crippen MR) is 48.8 cm³/mol. The van der Waals surface area contributed by atoms with Crippen LogP contribution >= 0.6 is 0 Å². The molecule has 2 aliphatic rings. The van der Waals surface area contributed by atoms with Gasteiger partial charge in [0.05, 0.1) is 0 Å².